The highest BCUT2D eigenvalue weighted by Gasteiger charge is 2.37. The van der Waals surface area contributed by atoms with Gasteiger partial charge < -0.3 is 10.2 Å². The van der Waals surface area contributed by atoms with E-state index in [0.29, 0.717) is 12.0 Å². The SMILES string of the molecule is O=C(c1ccc2nccnc2c1)N1CCCC2CNCC21. The molecule has 4 rings (SSSR count). The highest BCUT2D eigenvalue weighted by molar-refractivity contribution is 5.97. The molecule has 2 saturated heterocycles. The number of rotatable bonds is 1. The van der Waals surface area contributed by atoms with Gasteiger partial charge in [-0.05, 0) is 37.0 Å². The molecule has 5 heteroatoms. The van der Waals surface area contributed by atoms with Gasteiger partial charge in [0.25, 0.3) is 5.91 Å². The van der Waals surface area contributed by atoms with Gasteiger partial charge in [-0.25, -0.2) is 0 Å². The molecule has 2 unspecified atom stereocenters. The lowest BCUT2D eigenvalue weighted by Gasteiger charge is -2.37. The van der Waals surface area contributed by atoms with Crippen LogP contribution in [0.1, 0.15) is 23.2 Å². The highest BCUT2D eigenvalue weighted by atomic mass is 16.2. The van der Waals surface area contributed by atoms with Gasteiger partial charge in [0, 0.05) is 43.6 Å². The van der Waals surface area contributed by atoms with E-state index in [1.54, 1.807) is 12.4 Å². The molecule has 5 nitrogen and oxygen atoms in total. The van der Waals surface area contributed by atoms with Gasteiger partial charge in [-0.2, -0.15) is 0 Å². The number of carbonyl (C=O) groups excluding carboxylic acids is 1. The number of benzene rings is 1. The van der Waals surface area contributed by atoms with E-state index in [1.807, 2.05) is 23.1 Å². The van der Waals surface area contributed by atoms with Crippen LogP contribution >= 0.6 is 0 Å². The quantitative estimate of drug-likeness (QED) is 0.860. The van der Waals surface area contributed by atoms with Gasteiger partial charge in [-0.1, -0.05) is 0 Å². The molecule has 0 spiro atoms. The molecule has 1 amide bonds. The predicted molar refractivity (Wildman–Crippen MR) is 80.0 cm³/mol. The van der Waals surface area contributed by atoms with Crippen molar-refractivity contribution >= 4 is 16.9 Å². The molecule has 21 heavy (non-hydrogen) atoms. The van der Waals surface area contributed by atoms with Crippen molar-refractivity contribution < 1.29 is 4.79 Å². The largest absolute Gasteiger partial charge is 0.334 e. The standard InChI is InChI=1S/C16H18N4O/c21-16(20-7-1-2-12-9-17-10-15(12)20)11-3-4-13-14(8-11)19-6-5-18-13/h3-6,8,12,15,17H,1-2,7,9-10H2. The van der Waals surface area contributed by atoms with Crippen LogP contribution in [0.25, 0.3) is 11.0 Å². The Morgan fingerprint density at radius 1 is 1.19 bits per heavy atom. The lowest BCUT2D eigenvalue weighted by atomic mass is 9.91. The van der Waals surface area contributed by atoms with E-state index >= 15 is 0 Å². The summed E-state index contributed by atoms with van der Waals surface area (Å²) < 4.78 is 0. The molecule has 2 atom stereocenters. The molecule has 108 valence electrons. The van der Waals surface area contributed by atoms with E-state index in [4.69, 9.17) is 0 Å². The second kappa shape index (κ2) is 5.07. The first-order valence-corrected chi connectivity index (χ1v) is 7.55. The monoisotopic (exact) mass is 282 g/mol. The van der Waals surface area contributed by atoms with Crippen LogP contribution in [-0.4, -0.2) is 46.5 Å². The molecule has 0 radical (unpaired) electrons. The Hall–Kier alpha value is -2.01. The third-order valence-corrected chi connectivity index (χ3v) is 4.66. The van der Waals surface area contributed by atoms with Gasteiger partial charge in [0.2, 0.25) is 0 Å². The van der Waals surface area contributed by atoms with Gasteiger partial charge >= 0.3 is 0 Å². The summed E-state index contributed by atoms with van der Waals surface area (Å²) in [6, 6.07) is 5.95. The first kappa shape index (κ1) is 12.7. The third kappa shape index (κ3) is 2.17. The molecule has 0 bridgehead atoms. The predicted octanol–water partition coefficient (Wildman–Crippen LogP) is 1.45. The summed E-state index contributed by atoms with van der Waals surface area (Å²) in [5.74, 6) is 0.740. The van der Waals surface area contributed by atoms with Crippen molar-refractivity contribution in [1.82, 2.24) is 20.2 Å². The van der Waals surface area contributed by atoms with Crippen LogP contribution in [0, 0.1) is 5.92 Å². The zero-order valence-electron chi connectivity index (χ0n) is 11.8. The molecule has 2 aromatic rings. The molecule has 3 heterocycles. The van der Waals surface area contributed by atoms with Crippen molar-refractivity contribution in [1.29, 1.82) is 0 Å². The summed E-state index contributed by atoms with van der Waals surface area (Å²) in [5, 5.41) is 3.41. The van der Waals surface area contributed by atoms with Crippen LogP contribution in [-0.2, 0) is 0 Å². The topological polar surface area (TPSA) is 58.1 Å². The molecule has 1 N–H and O–H groups in total. The summed E-state index contributed by atoms with van der Waals surface area (Å²) >= 11 is 0. The van der Waals surface area contributed by atoms with Crippen LogP contribution in [0.5, 0.6) is 0 Å². The molecule has 1 aromatic carbocycles. The molecule has 2 fully saturated rings. The summed E-state index contributed by atoms with van der Waals surface area (Å²) in [6.07, 6.45) is 5.66. The second-order valence-electron chi connectivity index (χ2n) is 5.89. The Morgan fingerprint density at radius 3 is 2.95 bits per heavy atom. The first-order valence-electron chi connectivity index (χ1n) is 7.55. The minimum Gasteiger partial charge on any atom is -0.334 e. The summed E-state index contributed by atoms with van der Waals surface area (Å²) in [5.41, 5.74) is 2.32. The Kier molecular flexibility index (Phi) is 3.07. The lowest BCUT2D eigenvalue weighted by molar-refractivity contribution is 0.0575. The molecule has 0 aliphatic carbocycles. The average molecular weight is 282 g/mol. The van der Waals surface area contributed by atoms with Crippen LogP contribution in [0.2, 0.25) is 0 Å². The zero-order chi connectivity index (χ0) is 14.2. The van der Waals surface area contributed by atoms with Crippen molar-refractivity contribution in [3.05, 3.63) is 36.2 Å². The number of nitrogens with one attached hydrogen (secondary N) is 1. The second-order valence-corrected chi connectivity index (χ2v) is 5.89. The number of hydrogen-bond donors (Lipinski definition) is 1. The Labute approximate surface area is 123 Å². The third-order valence-electron chi connectivity index (χ3n) is 4.66. The van der Waals surface area contributed by atoms with Crippen molar-refractivity contribution in [2.24, 2.45) is 5.92 Å². The molecular formula is C16H18N4O. The van der Waals surface area contributed by atoms with Gasteiger partial charge in [-0.3, -0.25) is 14.8 Å². The number of carbonyl (C=O) groups is 1. The summed E-state index contributed by atoms with van der Waals surface area (Å²) in [6.45, 7) is 2.82. The number of nitrogens with zero attached hydrogens (tertiary/aromatic N) is 3. The van der Waals surface area contributed by atoms with E-state index in [-0.39, 0.29) is 5.91 Å². The van der Waals surface area contributed by atoms with E-state index in [9.17, 15) is 4.79 Å². The fraction of sp³-hybridized carbons (Fsp3) is 0.438. The van der Waals surface area contributed by atoms with Gasteiger partial charge in [0.1, 0.15) is 0 Å². The zero-order valence-corrected chi connectivity index (χ0v) is 11.8. The summed E-state index contributed by atoms with van der Waals surface area (Å²) in [4.78, 5) is 23.4. The minimum absolute atomic E-state index is 0.126. The number of likely N-dealkylation sites (tertiary alicyclic amines) is 1. The van der Waals surface area contributed by atoms with Crippen LogP contribution < -0.4 is 5.32 Å². The van der Waals surface area contributed by atoms with E-state index in [2.05, 4.69) is 15.3 Å². The lowest BCUT2D eigenvalue weighted by Crippen LogP contribution is -2.48. The van der Waals surface area contributed by atoms with Crippen molar-refractivity contribution in [2.45, 2.75) is 18.9 Å². The Morgan fingerprint density at radius 2 is 2.05 bits per heavy atom. The number of amides is 1. The average Bonchev–Trinajstić information content (AvgIpc) is 3.02. The summed E-state index contributed by atoms with van der Waals surface area (Å²) in [7, 11) is 0. The van der Waals surface area contributed by atoms with Gasteiger partial charge in [-0.15, -0.1) is 0 Å². The maximum Gasteiger partial charge on any atom is 0.254 e. The maximum atomic E-state index is 12.8. The van der Waals surface area contributed by atoms with Crippen LogP contribution in [0.4, 0.5) is 0 Å². The van der Waals surface area contributed by atoms with Crippen molar-refractivity contribution in [3.8, 4) is 0 Å². The van der Waals surface area contributed by atoms with Gasteiger partial charge in [0.15, 0.2) is 0 Å². The number of fused-ring (bicyclic) bond motifs is 2. The fourth-order valence-corrected chi connectivity index (χ4v) is 3.58. The molecule has 2 aliphatic heterocycles. The normalized spacial score (nSPS) is 25.0. The Balaban J connectivity index is 1.66. The number of aromatic nitrogens is 2. The molecule has 2 aliphatic rings. The Bertz CT molecular complexity index is 687. The highest BCUT2D eigenvalue weighted by Crippen LogP contribution is 2.28. The van der Waals surface area contributed by atoms with Crippen LogP contribution in [0.15, 0.2) is 30.6 Å². The minimum atomic E-state index is 0.126. The molecular weight excluding hydrogens is 264 g/mol. The van der Waals surface area contributed by atoms with E-state index in [0.717, 1.165) is 42.7 Å². The van der Waals surface area contributed by atoms with E-state index < -0.39 is 0 Å². The van der Waals surface area contributed by atoms with Gasteiger partial charge in [0.05, 0.1) is 11.0 Å². The smallest absolute Gasteiger partial charge is 0.254 e. The van der Waals surface area contributed by atoms with Crippen molar-refractivity contribution in [2.75, 3.05) is 19.6 Å². The van der Waals surface area contributed by atoms with Crippen LogP contribution in [0.3, 0.4) is 0 Å². The fourth-order valence-electron chi connectivity index (χ4n) is 3.58. The van der Waals surface area contributed by atoms with E-state index in [1.165, 1.54) is 6.42 Å². The maximum absolute atomic E-state index is 12.8. The first-order chi connectivity index (χ1) is 10.3. The number of hydrogen-bond acceptors (Lipinski definition) is 4. The number of piperidine rings is 1. The van der Waals surface area contributed by atoms with Crippen molar-refractivity contribution in [3.63, 3.8) is 0 Å². The molecule has 0 saturated carbocycles. The molecule has 1 aromatic heterocycles.